The van der Waals surface area contributed by atoms with E-state index in [0.717, 1.165) is 0 Å². The first-order valence-electron chi connectivity index (χ1n) is 9.37. The zero-order valence-electron chi connectivity index (χ0n) is 15.8. The molecule has 1 aromatic rings. The molecule has 0 aliphatic carbocycles. The minimum Gasteiger partial charge on any atom is -0.480 e. The van der Waals surface area contributed by atoms with Crippen LogP contribution >= 0.6 is 0 Å². The average Bonchev–Trinajstić information content (AvgIpc) is 3.01. The number of carboxylic acids is 1. The van der Waals surface area contributed by atoms with Crippen LogP contribution in [0.25, 0.3) is 0 Å². The number of carbonyl (C=O) groups excluding carboxylic acids is 2. The molecule has 1 N–H and O–H groups in total. The number of benzene rings is 1. The fraction of sp³-hybridized carbons (Fsp3) is 0.550. The Morgan fingerprint density at radius 3 is 2.37 bits per heavy atom. The molecule has 2 amide bonds. The average molecular weight is 374 g/mol. The van der Waals surface area contributed by atoms with Crippen molar-refractivity contribution >= 4 is 17.8 Å². The predicted octanol–water partition coefficient (Wildman–Crippen LogP) is 1.98. The van der Waals surface area contributed by atoms with Gasteiger partial charge in [0, 0.05) is 37.9 Å². The Kier molecular flexibility index (Phi) is 5.51. The Morgan fingerprint density at radius 2 is 1.81 bits per heavy atom. The highest BCUT2D eigenvalue weighted by molar-refractivity contribution is 5.97. The van der Waals surface area contributed by atoms with Crippen molar-refractivity contribution < 1.29 is 24.2 Å². The van der Waals surface area contributed by atoms with E-state index < -0.39 is 17.7 Å². The van der Waals surface area contributed by atoms with Crippen LogP contribution in [0.3, 0.4) is 0 Å². The molecule has 2 aliphatic rings. The Labute approximate surface area is 158 Å². The second-order valence-corrected chi connectivity index (χ2v) is 7.63. The second kappa shape index (κ2) is 7.68. The van der Waals surface area contributed by atoms with Crippen LogP contribution in [-0.4, -0.2) is 64.2 Å². The number of hydrogen-bond acceptors (Lipinski definition) is 4. The molecular weight excluding hydrogens is 348 g/mol. The maximum Gasteiger partial charge on any atom is 0.328 e. The number of piperidine rings is 1. The molecule has 2 saturated heterocycles. The van der Waals surface area contributed by atoms with Gasteiger partial charge in [0.25, 0.3) is 5.91 Å². The van der Waals surface area contributed by atoms with Crippen LogP contribution in [-0.2, 0) is 14.3 Å². The third-order valence-electron chi connectivity index (χ3n) is 5.27. The molecule has 1 aromatic carbocycles. The van der Waals surface area contributed by atoms with E-state index in [4.69, 9.17) is 4.74 Å². The quantitative estimate of drug-likeness (QED) is 0.871. The number of aliphatic carboxylic acids is 1. The molecule has 2 fully saturated rings. The minimum atomic E-state index is -1.07. The van der Waals surface area contributed by atoms with Crippen LogP contribution in [0, 0.1) is 5.92 Å². The Bertz CT molecular complexity index is 710. The third kappa shape index (κ3) is 3.83. The second-order valence-electron chi connectivity index (χ2n) is 7.63. The number of nitrogens with zero attached hydrogens (tertiary/aromatic N) is 2. The van der Waals surface area contributed by atoms with Gasteiger partial charge in [-0.25, -0.2) is 4.79 Å². The van der Waals surface area contributed by atoms with Crippen molar-refractivity contribution in [3.8, 4) is 0 Å². The first-order chi connectivity index (χ1) is 12.8. The number of carboxylic acid groups (broad SMARTS) is 1. The van der Waals surface area contributed by atoms with Gasteiger partial charge in [-0.05, 0) is 18.1 Å². The van der Waals surface area contributed by atoms with Crippen LogP contribution in [0.5, 0.6) is 0 Å². The molecule has 27 heavy (non-hydrogen) atoms. The lowest BCUT2D eigenvalue weighted by Crippen LogP contribution is -2.58. The summed E-state index contributed by atoms with van der Waals surface area (Å²) in [5.74, 6) is -1.05. The predicted molar refractivity (Wildman–Crippen MR) is 98.0 cm³/mol. The molecule has 2 heterocycles. The Hall–Kier alpha value is -2.41. The first-order valence-corrected chi connectivity index (χ1v) is 9.37. The molecule has 3 rings (SSSR count). The minimum absolute atomic E-state index is 0.0339. The lowest BCUT2D eigenvalue weighted by Gasteiger charge is -2.44. The van der Waals surface area contributed by atoms with Gasteiger partial charge in [-0.3, -0.25) is 14.5 Å². The van der Waals surface area contributed by atoms with Crippen LogP contribution in [0.15, 0.2) is 30.3 Å². The molecule has 146 valence electrons. The number of likely N-dealkylation sites (tertiary alicyclic amines) is 1. The van der Waals surface area contributed by atoms with E-state index in [9.17, 15) is 19.5 Å². The molecule has 7 heteroatoms. The van der Waals surface area contributed by atoms with Gasteiger partial charge in [0.15, 0.2) is 6.04 Å². The van der Waals surface area contributed by atoms with Gasteiger partial charge in [0.2, 0.25) is 5.91 Å². The van der Waals surface area contributed by atoms with E-state index in [0.29, 0.717) is 37.9 Å². The van der Waals surface area contributed by atoms with Crippen molar-refractivity contribution in [3.05, 3.63) is 35.9 Å². The van der Waals surface area contributed by atoms with Crippen LogP contribution < -0.4 is 0 Å². The fourth-order valence-corrected chi connectivity index (χ4v) is 3.86. The van der Waals surface area contributed by atoms with E-state index in [-0.39, 0.29) is 24.3 Å². The van der Waals surface area contributed by atoms with Gasteiger partial charge < -0.3 is 14.7 Å². The fourth-order valence-electron chi connectivity index (χ4n) is 3.86. The van der Waals surface area contributed by atoms with Gasteiger partial charge >= 0.3 is 5.97 Å². The smallest absolute Gasteiger partial charge is 0.328 e. The summed E-state index contributed by atoms with van der Waals surface area (Å²) in [5, 5.41) is 9.59. The summed E-state index contributed by atoms with van der Waals surface area (Å²) >= 11 is 0. The molecule has 0 saturated carbocycles. The van der Waals surface area contributed by atoms with Crippen molar-refractivity contribution in [2.75, 3.05) is 19.7 Å². The standard InChI is InChI=1S/C20H26N2O5/c1-14(2)12-17(23)21-10-8-20(9-11-21)22(16(13-27-20)19(25)26)18(24)15-6-4-3-5-7-15/h3-7,14,16H,8-13H2,1-2H3,(H,25,26)/t16-/m1/s1. The highest BCUT2D eigenvalue weighted by atomic mass is 16.5. The van der Waals surface area contributed by atoms with Crippen LogP contribution in [0.2, 0.25) is 0 Å². The first kappa shape index (κ1) is 19.4. The number of hydrogen-bond donors (Lipinski definition) is 1. The Morgan fingerprint density at radius 1 is 1.19 bits per heavy atom. The molecular formula is C20H26N2O5. The summed E-state index contributed by atoms with van der Waals surface area (Å²) in [6, 6.07) is 7.64. The van der Waals surface area contributed by atoms with Crippen LogP contribution in [0.4, 0.5) is 0 Å². The number of amides is 2. The lowest BCUT2D eigenvalue weighted by atomic mass is 9.96. The van der Waals surface area contributed by atoms with Crippen molar-refractivity contribution in [2.45, 2.75) is 44.9 Å². The summed E-state index contributed by atoms with van der Waals surface area (Å²) in [6.45, 7) is 4.88. The van der Waals surface area contributed by atoms with E-state index in [1.54, 1.807) is 35.2 Å². The summed E-state index contributed by atoms with van der Waals surface area (Å²) in [5.41, 5.74) is -0.531. The topological polar surface area (TPSA) is 87.2 Å². The van der Waals surface area contributed by atoms with Gasteiger partial charge in [0.1, 0.15) is 5.72 Å². The van der Waals surface area contributed by atoms with Crippen molar-refractivity contribution in [2.24, 2.45) is 5.92 Å². The maximum atomic E-state index is 13.1. The monoisotopic (exact) mass is 374 g/mol. The van der Waals surface area contributed by atoms with Crippen LogP contribution in [0.1, 0.15) is 43.5 Å². The summed E-state index contributed by atoms with van der Waals surface area (Å²) < 4.78 is 5.91. The normalized spacial score (nSPS) is 21.7. The van der Waals surface area contributed by atoms with Gasteiger partial charge in [0.05, 0.1) is 6.61 Å². The van der Waals surface area contributed by atoms with Gasteiger partial charge in [-0.1, -0.05) is 32.0 Å². The summed E-state index contributed by atoms with van der Waals surface area (Å²) in [7, 11) is 0. The molecule has 7 nitrogen and oxygen atoms in total. The SMILES string of the molecule is CC(C)CC(=O)N1CCC2(CC1)OC[C@H](C(=O)O)N2C(=O)c1ccccc1. The highest BCUT2D eigenvalue weighted by Gasteiger charge is 2.54. The molecule has 0 aromatic heterocycles. The molecule has 0 unspecified atom stereocenters. The number of carbonyl (C=O) groups is 3. The number of rotatable bonds is 4. The van der Waals surface area contributed by atoms with Crippen molar-refractivity contribution in [1.82, 2.24) is 9.80 Å². The zero-order valence-corrected chi connectivity index (χ0v) is 15.8. The molecule has 1 spiro atoms. The van der Waals surface area contributed by atoms with Crippen molar-refractivity contribution in [3.63, 3.8) is 0 Å². The lowest BCUT2D eigenvalue weighted by molar-refractivity contribution is -0.148. The van der Waals surface area contributed by atoms with E-state index in [2.05, 4.69) is 0 Å². The van der Waals surface area contributed by atoms with E-state index in [1.165, 1.54) is 4.90 Å². The summed E-state index contributed by atoms with van der Waals surface area (Å²) in [6.07, 6.45) is 1.32. The van der Waals surface area contributed by atoms with Crippen molar-refractivity contribution in [1.29, 1.82) is 0 Å². The molecule has 2 aliphatic heterocycles. The third-order valence-corrected chi connectivity index (χ3v) is 5.27. The summed E-state index contributed by atoms with van der Waals surface area (Å²) in [4.78, 5) is 40.3. The largest absolute Gasteiger partial charge is 0.480 e. The zero-order chi connectivity index (χ0) is 19.6. The Balaban J connectivity index is 1.81. The molecule has 0 bridgehead atoms. The van der Waals surface area contributed by atoms with Gasteiger partial charge in [-0.15, -0.1) is 0 Å². The number of ether oxygens (including phenoxy) is 1. The van der Waals surface area contributed by atoms with E-state index >= 15 is 0 Å². The van der Waals surface area contributed by atoms with Gasteiger partial charge in [-0.2, -0.15) is 0 Å². The molecule has 1 atom stereocenters. The molecule has 0 radical (unpaired) electrons. The maximum absolute atomic E-state index is 13.1. The highest BCUT2D eigenvalue weighted by Crippen LogP contribution is 2.38. The van der Waals surface area contributed by atoms with E-state index in [1.807, 2.05) is 13.8 Å².